The molecular weight excluding hydrogens is 237 g/mol. The molecule has 0 saturated carbocycles. The highest BCUT2D eigenvalue weighted by atomic mass is 19.1. The van der Waals surface area contributed by atoms with Crippen LogP contribution in [0.5, 0.6) is 5.75 Å². The average Bonchev–Trinajstić information content (AvgIpc) is 2.27. The smallest absolute Gasteiger partial charge is 0.304 e. The van der Waals surface area contributed by atoms with Crippen LogP contribution >= 0.6 is 0 Å². The Balaban J connectivity index is 3.42. The van der Waals surface area contributed by atoms with E-state index in [0.717, 1.165) is 0 Å². The zero-order valence-corrected chi connectivity index (χ0v) is 10.7. The van der Waals surface area contributed by atoms with E-state index in [1.54, 1.807) is 19.9 Å². The molecule has 0 radical (unpaired) electrons. The molecule has 5 heteroatoms. The number of carboxylic acid groups (broad SMARTS) is 1. The van der Waals surface area contributed by atoms with Crippen LogP contribution in [0.25, 0.3) is 0 Å². The molecule has 18 heavy (non-hydrogen) atoms. The highest BCUT2D eigenvalue weighted by molar-refractivity contribution is 5.69. The van der Waals surface area contributed by atoms with Crippen molar-refractivity contribution in [1.29, 1.82) is 0 Å². The van der Waals surface area contributed by atoms with E-state index in [1.807, 2.05) is 0 Å². The summed E-state index contributed by atoms with van der Waals surface area (Å²) in [5, 5.41) is 8.99. The molecule has 1 aromatic carbocycles. The van der Waals surface area contributed by atoms with Crippen LogP contribution in [-0.2, 0) is 10.2 Å². The Morgan fingerprint density at radius 2 is 2.22 bits per heavy atom. The van der Waals surface area contributed by atoms with Gasteiger partial charge in [-0.2, -0.15) is 0 Å². The van der Waals surface area contributed by atoms with E-state index in [2.05, 4.69) is 0 Å². The second kappa shape index (κ2) is 5.35. The number of carboxylic acids is 1. The number of hydrogen-bond donors (Lipinski definition) is 2. The molecule has 0 bridgehead atoms. The quantitative estimate of drug-likeness (QED) is 0.843. The van der Waals surface area contributed by atoms with Crippen LogP contribution in [0.15, 0.2) is 18.2 Å². The van der Waals surface area contributed by atoms with Gasteiger partial charge in [0.25, 0.3) is 0 Å². The highest BCUT2D eigenvalue weighted by Crippen LogP contribution is 2.38. The topological polar surface area (TPSA) is 72.5 Å². The van der Waals surface area contributed by atoms with Gasteiger partial charge in [-0.05, 0) is 19.1 Å². The van der Waals surface area contributed by atoms with Crippen LogP contribution in [0.1, 0.15) is 25.8 Å². The van der Waals surface area contributed by atoms with E-state index in [-0.39, 0.29) is 12.0 Å². The maximum absolute atomic E-state index is 14.0. The predicted octanol–water partition coefficient (Wildman–Crippen LogP) is 1.91. The van der Waals surface area contributed by atoms with Crippen LogP contribution in [0.2, 0.25) is 0 Å². The predicted molar refractivity (Wildman–Crippen MR) is 66.2 cm³/mol. The SMILES string of the molecule is COc1cccc(F)c1C(C)(CC(=O)O)C(C)N. The minimum Gasteiger partial charge on any atom is -0.496 e. The Hall–Kier alpha value is -1.62. The molecule has 0 saturated heterocycles. The lowest BCUT2D eigenvalue weighted by Crippen LogP contribution is -2.43. The van der Waals surface area contributed by atoms with Crippen molar-refractivity contribution in [3.05, 3.63) is 29.6 Å². The number of benzene rings is 1. The Bertz CT molecular complexity index is 448. The maximum atomic E-state index is 14.0. The standard InChI is InChI=1S/C13H18FNO3/c1-8(15)13(2,7-11(16)17)12-9(14)5-4-6-10(12)18-3/h4-6,8H,7,15H2,1-3H3,(H,16,17). The largest absolute Gasteiger partial charge is 0.496 e. The molecule has 0 aliphatic rings. The summed E-state index contributed by atoms with van der Waals surface area (Å²) in [6, 6.07) is 3.86. The number of nitrogens with two attached hydrogens (primary N) is 1. The van der Waals surface area contributed by atoms with E-state index in [4.69, 9.17) is 15.6 Å². The van der Waals surface area contributed by atoms with Gasteiger partial charge in [0.05, 0.1) is 13.5 Å². The molecule has 100 valence electrons. The summed E-state index contributed by atoms with van der Waals surface area (Å²) >= 11 is 0. The Kier molecular flexibility index (Phi) is 4.29. The van der Waals surface area contributed by atoms with Gasteiger partial charge < -0.3 is 15.6 Å². The summed E-state index contributed by atoms with van der Waals surface area (Å²) in [6.45, 7) is 3.29. The first-order valence-electron chi connectivity index (χ1n) is 5.63. The Labute approximate surface area is 106 Å². The third kappa shape index (κ3) is 2.61. The number of methoxy groups -OCH3 is 1. The van der Waals surface area contributed by atoms with Gasteiger partial charge in [-0.3, -0.25) is 4.79 Å². The van der Waals surface area contributed by atoms with Crippen LogP contribution in [-0.4, -0.2) is 24.2 Å². The lowest BCUT2D eigenvalue weighted by atomic mass is 9.73. The molecule has 1 aromatic rings. The molecule has 2 atom stereocenters. The molecule has 0 fully saturated rings. The molecule has 1 rings (SSSR count). The third-order valence-electron chi connectivity index (χ3n) is 3.29. The van der Waals surface area contributed by atoms with Crippen LogP contribution in [0.3, 0.4) is 0 Å². The number of halogens is 1. The number of hydrogen-bond acceptors (Lipinski definition) is 3. The second-order valence-corrected chi connectivity index (χ2v) is 4.59. The average molecular weight is 255 g/mol. The third-order valence-corrected chi connectivity index (χ3v) is 3.29. The van der Waals surface area contributed by atoms with Crippen molar-refractivity contribution >= 4 is 5.97 Å². The Morgan fingerprint density at radius 1 is 1.61 bits per heavy atom. The molecule has 3 N–H and O–H groups in total. The van der Waals surface area contributed by atoms with Crippen molar-refractivity contribution < 1.29 is 19.0 Å². The lowest BCUT2D eigenvalue weighted by Gasteiger charge is -2.34. The van der Waals surface area contributed by atoms with Crippen molar-refractivity contribution in [1.82, 2.24) is 0 Å². The summed E-state index contributed by atoms with van der Waals surface area (Å²) in [6.07, 6.45) is -0.262. The molecular formula is C13H18FNO3. The number of rotatable bonds is 5. The van der Waals surface area contributed by atoms with Gasteiger partial charge in [0.15, 0.2) is 0 Å². The molecule has 0 heterocycles. The van der Waals surface area contributed by atoms with Gasteiger partial charge in [0.1, 0.15) is 11.6 Å². The Morgan fingerprint density at radius 3 is 2.67 bits per heavy atom. The van der Waals surface area contributed by atoms with Gasteiger partial charge in [-0.1, -0.05) is 13.0 Å². The normalized spacial score (nSPS) is 15.8. The second-order valence-electron chi connectivity index (χ2n) is 4.59. The molecule has 0 aliphatic carbocycles. The van der Waals surface area contributed by atoms with Crippen molar-refractivity contribution in [2.45, 2.75) is 31.7 Å². The molecule has 0 amide bonds. The van der Waals surface area contributed by atoms with Crippen LogP contribution in [0, 0.1) is 5.82 Å². The minimum absolute atomic E-state index is 0.213. The van der Waals surface area contributed by atoms with Crippen LogP contribution in [0.4, 0.5) is 4.39 Å². The van der Waals surface area contributed by atoms with Gasteiger partial charge in [-0.15, -0.1) is 0 Å². The summed E-state index contributed by atoms with van der Waals surface area (Å²) in [5.74, 6) is -1.22. The highest BCUT2D eigenvalue weighted by Gasteiger charge is 2.38. The van der Waals surface area contributed by atoms with Crippen molar-refractivity contribution in [3.8, 4) is 5.75 Å². The van der Waals surface area contributed by atoms with Crippen molar-refractivity contribution in [2.24, 2.45) is 5.73 Å². The summed E-state index contributed by atoms with van der Waals surface area (Å²) in [7, 11) is 1.42. The number of aliphatic carboxylic acids is 1. The molecule has 2 unspecified atom stereocenters. The maximum Gasteiger partial charge on any atom is 0.304 e. The van der Waals surface area contributed by atoms with E-state index < -0.39 is 23.2 Å². The summed E-state index contributed by atoms with van der Waals surface area (Å²) in [4.78, 5) is 11.0. The number of carbonyl (C=O) groups is 1. The molecule has 0 aliphatic heterocycles. The fourth-order valence-electron chi connectivity index (χ4n) is 2.02. The van der Waals surface area contributed by atoms with E-state index in [1.165, 1.54) is 19.2 Å². The first-order chi connectivity index (χ1) is 8.32. The van der Waals surface area contributed by atoms with E-state index in [0.29, 0.717) is 5.75 Å². The fourth-order valence-corrected chi connectivity index (χ4v) is 2.02. The first kappa shape index (κ1) is 14.4. The summed E-state index contributed by atoms with van der Waals surface area (Å²) in [5.41, 5.74) is 5.05. The van der Waals surface area contributed by atoms with Gasteiger partial charge in [0.2, 0.25) is 0 Å². The van der Waals surface area contributed by atoms with Gasteiger partial charge in [-0.25, -0.2) is 4.39 Å². The van der Waals surface area contributed by atoms with Crippen molar-refractivity contribution in [3.63, 3.8) is 0 Å². The van der Waals surface area contributed by atoms with E-state index >= 15 is 0 Å². The monoisotopic (exact) mass is 255 g/mol. The lowest BCUT2D eigenvalue weighted by molar-refractivity contribution is -0.138. The number of ether oxygens (including phenoxy) is 1. The zero-order chi connectivity index (χ0) is 13.9. The van der Waals surface area contributed by atoms with Crippen LogP contribution < -0.4 is 10.5 Å². The molecule has 4 nitrogen and oxygen atoms in total. The molecule has 0 aromatic heterocycles. The van der Waals surface area contributed by atoms with E-state index in [9.17, 15) is 9.18 Å². The minimum atomic E-state index is -1.03. The zero-order valence-electron chi connectivity index (χ0n) is 10.7. The first-order valence-corrected chi connectivity index (χ1v) is 5.63. The fraction of sp³-hybridized carbons (Fsp3) is 0.462. The molecule has 0 spiro atoms. The summed E-state index contributed by atoms with van der Waals surface area (Å²) < 4.78 is 19.1. The van der Waals surface area contributed by atoms with Gasteiger partial charge >= 0.3 is 5.97 Å². The van der Waals surface area contributed by atoms with Crippen molar-refractivity contribution in [2.75, 3.05) is 7.11 Å². The van der Waals surface area contributed by atoms with Gasteiger partial charge in [0, 0.05) is 17.0 Å².